The quantitative estimate of drug-likeness (QED) is 0.0360. The zero-order chi connectivity index (χ0) is 33.3. The average molecular weight is 699 g/mol. The van der Waals surface area contributed by atoms with E-state index in [-0.39, 0.29) is 40.6 Å². The van der Waals surface area contributed by atoms with E-state index in [1.54, 1.807) is 0 Å². The van der Waals surface area contributed by atoms with Gasteiger partial charge in [-0.3, -0.25) is 24.1 Å². The van der Waals surface area contributed by atoms with Gasteiger partial charge in [-0.2, -0.15) is 16.8 Å². The summed E-state index contributed by atoms with van der Waals surface area (Å²) in [5.41, 5.74) is 3.83. The third-order valence-corrected chi connectivity index (χ3v) is 10.6. The number of aliphatic carboxylic acids is 1. The maximum Gasteiger partial charge on any atom is 0.336 e. The summed E-state index contributed by atoms with van der Waals surface area (Å²) in [7, 11) is -7.56. The lowest BCUT2D eigenvalue weighted by molar-refractivity contribution is -0.176. The highest BCUT2D eigenvalue weighted by atomic mass is 33.1. The van der Waals surface area contributed by atoms with Gasteiger partial charge in [-0.15, -0.1) is 0 Å². The number of carboxylic acid groups (broad SMARTS) is 2. The lowest BCUT2D eigenvalue weighted by Crippen LogP contribution is -2.47. The van der Waals surface area contributed by atoms with Crippen LogP contribution in [0.1, 0.15) is 27.1 Å². The van der Waals surface area contributed by atoms with E-state index in [9.17, 15) is 45.4 Å². The monoisotopic (exact) mass is 698 g/mol. The number of rotatable bonds is 12. The van der Waals surface area contributed by atoms with Gasteiger partial charge in [0.1, 0.15) is 0 Å². The number of hydrogen-bond donors (Lipinski definition) is 7. The SMILES string of the molecule is Nc1ccc2c(-c3ccc(C(=O)NCCSSCCC(=O)O)cc3C(=O)O)c3ccc(=[NH2+])c(S(=O)(=O)O)c-3oc2c1S(=O)(=O)O. The Kier molecular flexibility index (Phi) is 9.80. The number of amides is 1. The molecule has 19 heteroatoms. The molecule has 2 aliphatic rings. The standard InChI is InChI=1S/C26H23N3O12S4/c27-17-5-3-14-20(15-4-6-18(28)24(45(38,39)40)22(15)41-21(14)23(17)44(35,36)37)13-2-1-12(11-16(13)26(33)34)25(32)29-8-10-43-42-9-7-19(30)31/h1-6,11,27H,7-10,28H2,(H,29,32)(H,30,31)(H,33,34)(H,35,36,37)(H,38,39,40)/p+1. The number of anilines is 1. The summed E-state index contributed by atoms with van der Waals surface area (Å²) in [6.07, 6.45) is -0.0105. The molecule has 2 aromatic rings. The van der Waals surface area contributed by atoms with Crippen LogP contribution < -0.4 is 21.8 Å². The van der Waals surface area contributed by atoms with Crippen molar-refractivity contribution < 1.29 is 60.4 Å². The van der Waals surface area contributed by atoms with E-state index in [4.69, 9.17) is 20.7 Å². The summed E-state index contributed by atoms with van der Waals surface area (Å²) in [6, 6.07) is 8.34. The van der Waals surface area contributed by atoms with Crippen LogP contribution in [0.5, 0.6) is 0 Å². The minimum Gasteiger partial charge on any atom is -0.481 e. The summed E-state index contributed by atoms with van der Waals surface area (Å²) in [6.45, 7) is 0.183. The van der Waals surface area contributed by atoms with Crippen LogP contribution >= 0.6 is 21.6 Å². The summed E-state index contributed by atoms with van der Waals surface area (Å²) in [5, 5.41) is 26.7. The van der Waals surface area contributed by atoms with Crippen molar-refractivity contribution in [1.82, 2.24) is 5.32 Å². The van der Waals surface area contributed by atoms with E-state index >= 15 is 0 Å². The van der Waals surface area contributed by atoms with Gasteiger partial charge in [0.15, 0.2) is 16.2 Å². The molecule has 4 rings (SSSR count). The van der Waals surface area contributed by atoms with Crippen molar-refractivity contribution in [2.75, 3.05) is 23.8 Å². The van der Waals surface area contributed by atoms with E-state index in [0.29, 0.717) is 11.5 Å². The molecule has 2 aromatic carbocycles. The summed E-state index contributed by atoms with van der Waals surface area (Å²) in [5.74, 6) is -2.91. The third-order valence-electron chi connectivity index (χ3n) is 6.28. The molecule has 0 radical (unpaired) electrons. The molecule has 45 heavy (non-hydrogen) atoms. The maximum absolute atomic E-state index is 12.8. The van der Waals surface area contributed by atoms with Gasteiger partial charge >= 0.3 is 22.1 Å². The number of fused-ring (bicyclic) bond motifs is 2. The second-order valence-electron chi connectivity index (χ2n) is 9.26. The molecule has 0 saturated carbocycles. The van der Waals surface area contributed by atoms with E-state index in [0.717, 1.165) is 18.2 Å². The van der Waals surface area contributed by atoms with Gasteiger partial charge < -0.3 is 25.7 Å². The fourth-order valence-corrected chi connectivity index (χ4v) is 7.85. The Labute approximate surface area is 262 Å². The number of aromatic carboxylic acids is 1. The van der Waals surface area contributed by atoms with E-state index in [1.165, 1.54) is 45.9 Å². The molecule has 0 aromatic heterocycles. The lowest BCUT2D eigenvalue weighted by Gasteiger charge is -2.19. The second kappa shape index (κ2) is 13.1. The molecule has 0 atom stereocenters. The molecule has 0 spiro atoms. The minimum atomic E-state index is -5.11. The Morgan fingerprint density at radius 2 is 1.53 bits per heavy atom. The molecular formula is C26H24N3O12S4+. The first kappa shape index (κ1) is 33.7. The van der Waals surface area contributed by atoms with Gasteiger partial charge in [-0.25, -0.2) is 4.79 Å². The van der Waals surface area contributed by atoms with E-state index < -0.39 is 75.8 Å². The normalized spacial score (nSPS) is 12.0. The molecule has 15 nitrogen and oxygen atoms in total. The van der Waals surface area contributed by atoms with Crippen LogP contribution in [0.15, 0.2) is 56.7 Å². The number of benzene rings is 3. The largest absolute Gasteiger partial charge is 0.481 e. The summed E-state index contributed by atoms with van der Waals surface area (Å²) >= 11 is 0. The molecule has 0 saturated heterocycles. The Morgan fingerprint density at radius 1 is 0.889 bits per heavy atom. The molecule has 1 amide bonds. The Hall–Kier alpha value is -4.14. The van der Waals surface area contributed by atoms with Gasteiger partial charge in [0.25, 0.3) is 16.0 Å². The first-order valence-corrected chi connectivity index (χ1v) is 17.9. The minimum absolute atomic E-state index is 0.0105. The lowest BCUT2D eigenvalue weighted by atomic mass is 9.89. The van der Waals surface area contributed by atoms with Gasteiger partial charge in [0, 0.05) is 46.2 Å². The van der Waals surface area contributed by atoms with Crippen molar-refractivity contribution in [2.24, 2.45) is 0 Å². The average Bonchev–Trinajstić information content (AvgIpc) is 2.93. The molecule has 9 N–H and O–H groups in total. The molecule has 1 aliphatic heterocycles. The first-order valence-electron chi connectivity index (χ1n) is 12.5. The van der Waals surface area contributed by atoms with Crippen molar-refractivity contribution in [3.05, 3.63) is 58.9 Å². The maximum atomic E-state index is 12.8. The Morgan fingerprint density at radius 3 is 2.16 bits per heavy atom. The third kappa shape index (κ3) is 7.24. The zero-order valence-electron chi connectivity index (χ0n) is 22.7. The number of carboxylic acids is 2. The molecule has 238 valence electrons. The van der Waals surface area contributed by atoms with Crippen LogP contribution in [0, 0.1) is 0 Å². The van der Waals surface area contributed by atoms with Crippen molar-refractivity contribution >= 4 is 76.3 Å². The fourth-order valence-electron chi connectivity index (χ4n) is 4.46. The highest BCUT2D eigenvalue weighted by molar-refractivity contribution is 8.76. The summed E-state index contributed by atoms with van der Waals surface area (Å²) < 4.78 is 74.9. The van der Waals surface area contributed by atoms with Crippen molar-refractivity contribution in [1.29, 1.82) is 0 Å². The molecule has 1 aliphatic carbocycles. The number of nitrogen functional groups attached to an aromatic ring is 1. The van der Waals surface area contributed by atoms with E-state index in [2.05, 4.69) is 5.32 Å². The van der Waals surface area contributed by atoms with Crippen molar-refractivity contribution in [2.45, 2.75) is 16.2 Å². The van der Waals surface area contributed by atoms with Crippen LogP contribution in [-0.2, 0) is 25.0 Å². The topological polar surface area (TPSA) is 277 Å². The summed E-state index contributed by atoms with van der Waals surface area (Å²) in [4.78, 5) is 34.0. The molecule has 0 bridgehead atoms. The highest BCUT2D eigenvalue weighted by Gasteiger charge is 2.33. The smallest absolute Gasteiger partial charge is 0.336 e. The predicted octanol–water partition coefficient (Wildman–Crippen LogP) is 1.22. The first-order chi connectivity index (χ1) is 21.0. The van der Waals surface area contributed by atoms with Crippen LogP contribution in [0.25, 0.3) is 33.4 Å². The molecule has 1 heterocycles. The number of nitrogens with two attached hydrogens (primary N) is 2. The van der Waals surface area contributed by atoms with Crippen LogP contribution in [-0.4, -0.2) is 72.1 Å². The molecular weight excluding hydrogens is 675 g/mol. The van der Waals surface area contributed by atoms with Crippen LogP contribution in [0.4, 0.5) is 5.69 Å². The van der Waals surface area contributed by atoms with Gasteiger partial charge in [-0.05, 0) is 35.9 Å². The Bertz CT molecular complexity index is 2110. The highest BCUT2D eigenvalue weighted by Crippen LogP contribution is 2.45. The molecule has 0 fully saturated rings. The van der Waals surface area contributed by atoms with E-state index in [1.807, 2.05) is 0 Å². The predicted molar refractivity (Wildman–Crippen MR) is 164 cm³/mol. The van der Waals surface area contributed by atoms with Gasteiger partial charge in [-0.1, -0.05) is 27.7 Å². The number of carbonyl (C=O) groups excluding carboxylic acids is 1. The zero-order valence-corrected chi connectivity index (χ0v) is 26.0. The van der Waals surface area contributed by atoms with Gasteiger partial charge in [0.2, 0.25) is 10.3 Å². The van der Waals surface area contributed by atoms with Crippen molar-refractivity contribution in [3.8, 4) is 22.5 Å². The van der Waals surface area contributed by atoms with Crippen LogP contribution in [0.3, 0.4) is 0 Å². The molecule has 0 unspecified atom stereocenters. The second-order valence-corrected chi connectivity index (χ2v) is 14.7. The van der Waals surface area contributed by atoms with Gasteiger partial charge in [0.05, 0.1) is 17.7 Å². The number of hydrogen-bond acceptors (Lipinski definition) is 11. The number of carbonyl (C=O) groups is 3. The van der Waals surface area contributed by atoms with Crippen molar-refractivity contribution in [3.63, 3.8) is 0 Å². The Balaban J connectivity index is 1.90. The van der Waals surface area contributed by atoms with Crippen LogP contribution in [0.2, 0.25) is 0 Å². The number of nitrogens with one attached hydrogen (secondary N) is 1. The fraction of sp³-hybridized carbons (Fsp3) is 0.154.